The van der Waals surface area contributed by atoms with Crippen LogP contribution in [0.25, 0.3) is 23.5 Å². The summed E-state index contributed by atoms with van der Waals surface area (Å²) in [6.07, 6.45) is 7.16. The first kappa shape index (κ1) is 10.9. The largest absolute Gasteiger partial charge is 0.334 e. The van der Waals surface area contributed by atoms with Crippen LogP contribution in [0.1, 0.15) is 10.8 Å². The lowest BCUT2D eigenvalue weighted by Crippen LogP contribution is -1.80. The van der Waals surface area contributed by atoms with Crippen LogP contribution in [0.5, 0.6) is 0 Å². The van der Waals surface area contributed by atoms with Crippen molar-refractivity contribution in [1.82, 2.24) is 15.1 Å². The van der Waals surface area contributed by atoms with Gasteiger partial charge in [0.05, 0.1) is 0 Å². The van der Waals surface area contributed by atoms with Crippen LogP contribution in [0.2, 0.25) is 0 Å². The molecule has 0 fully saturated rings. The molecule has 0 aliphatic carbocycles. The predicted octanol–water partition coefficient (Wildman–Crippen LogP) is 3.36. The SMILES string of the molecule is C(=Cc1cccs1)c1nc(-c2ccncc2)no1. The summed E-state index contributed by atoms with van der Waals surface area (Å²) < 4.78 is 5.15. The van der Waals surface area contributed by atoms with Crippen LogP contribution in [-0.2, 0) is 0 Å². The Hall–Kier alpha value is -2.27. The lowest BCUT2D eigenvalue weighted by Gasteiger charge is -1.89. The molecule has 3 aromatic rings. The van der Waals surface area contributed by atoms with E-state index in [4.69, 9.17) is 4.52 Å². The average Bonchev–Trinajstić information content (AvgIpc) is 3.09. The predicted molar refractivity (Wildman–Crippen MR) is 70.8 cm³/mol. The molecule has 0 radical (unpaired) electrons. The Bertz CT molecular complexity index is 644. The van der Waals surface area contributed by atoms with Crippen molar-refractivity contribution in [3.63, 3.8) is 0 Å². The topological polar surface area (TPSA) is 51.8 Å². The maximum absolute atomic E-state index is 5.15. The highest BCUT2D eigenvalue weighted by Gasteiger charge is 2.05. The Morgan fingerprint density at radius 1 is 1.11 bits per heavy atom. The second-order valence-corrected chi connectivity index (χ2v) is 4.52. The Kier molecular flexibility index (Phi) is 2.97. The summed E-state index contributed by atoms with van der Waals surface area (Å²) in [5.41, 5.74) is 0.893. The molecule has 0 aliphatic rings. The fourth-order valence-electron chi connectivity index (χ4n) is 1.46. The van der Waals surface area contributed by atoms with E-state index in [2.05, 4.69) is 15.1 Å². The molecule has 3 rings (SSSR count). The van der Waals surface area contributed by atoms with E-state index in [1.54, 1.807) is 23.7 Å². The minimum Gasteiger partial charge on any atom is -0.334 e. The molecule has 0 atom stereocenters. The molecule has 88 valence electrons. The van der Waals surface area contributed by atoms with E-state index in [1.165, 1.54) is 0 Å². The van der Waals surface area contributed by atoms with Crippen molar-refractivity contribution in [2.75, 3.05) is 0 Å². The summed E-state index contributed by atoms with van der Waals surface area (Å²) in [6, 6.07) is 7.72. The average molecular weight is 255 g/mol. The summed E-state index contributed by atoms with van der Waals surface area (Å²) in [4.78, 5) is 9.39. The summed E-state index contributed by atoms with van der Waals surface area (Å²) >= 11 is 1.66. The van der Waals surface area contributed by atoms with Gasteiger partial charge in [-0.05, 0) is 29.7 Å². The van der Waals surface area contributed by atoms with Gasteiger partial charge >= 0.3 is 0 Å². The first-order valence-corrected chi connectivity index (χ1v) is 6.25. The third kappa shape index (κ3) is 2.36. The highest BCUT2D eigenvalue weighted by molar-refractivity contribution is 7.10. The lowest BCUT2D eigenvalue weighted by molar-refractivity contribution is 0.411. The number of thiophene rings is 1. The van der Waals surface area contributed by atoms with E-state index in [9.17, 15) is 0 Å². The number of aromatic nitrogens is 3. The molecule has 0 amide bonds. The maximum atomic E-state index is 5.15. The number of rotatable bonds is 3. The highest BCUT2D eigenvalue weighted by atomic mass is 32.1. The molecule has 0 aliphatic heterocycles. The highest BCUT2D eigenvalue weighted by Crippen LogP contribution is 2.16. The molecule has 0 saturated heterocycles. The zero-order valence-corrected chi connectivity index (χ0v) is 10.2. The fourth-order valence-corrected chi connectivity index (χ4v) is 2.08. The van der Waals surface area contributed by atoms with Gasteiger partial charge < -0.3 is 4.52 Å². The van der Waals surface area contributed by atoms with Gasteiger partial charge in [-0.1, -0.05) is 11.2 Å². The van der Waals surface area contributed by atoms with E-state index in [-0.39, 0.29) is 0 Å². The quantitative estimate of drug-likeness (QED) is 0.720. The molecule has 0 bridgehead atoms. The van der Waals surface area contributed by atoms with Gasteiger partial charge in [-0.15, -0.1) is 11.3 Å². The molecular formula is C13H9N3OS. The van der Waals surface area contributed by atoms with Gasteiger partial charge in [0.25, 0.3) is 5.89 Å². The molecule has 3 aromatic heterocycles. The van der Waals surface area contributed by atoms with Gasteiger partial charge in [0.1, 0.15) is 0 Å². The fraction of sp³-hybridized carbons (Fsp3) is 0. The van der Waals surface area contributed by atoms with Crippen LogP contribution >= 0.6 is 11.3 Å². The van der Waals surface area contributed by atoms with Gasteiger partial charge in [-0.3, -0.25) is 4.98 Å². The molecular weight excluding hydrogens is 246 g/mol. The van der Waals surface area contributed by atoms with E-state index in [1.807, 2.05) is 41.8 Å². The summed E-state index contributed by atoms with van der Waals surface area (Å²) in [7, 11) is 0. The smallest absolute Gasteiger partial charge is 0.250 e. The Labute approximate surface area is 108 Å². The first-order chi connectivity index (χ1) is 8.92. The van der Waals surface area contributed by atoms with Crippen molar-refractivity contribution >= 4 is 23.5 Å². The van der Waals surface area contributed by atoms with E-state index in [0.29, 0.717) is 11.7 Å². The number of hydrogen-bond acceptors (Lipinski definition) is 5. The van der Waals surface area contributed by atoms with E-state index < -0.39 is 0 Å². The van der Waals surface area contributed by atoms with Gasteiger partial charge in [-0.2, -0.15) is 4.98 Å². The third-order valence-electron chi connectivity index (χ3n) is 2.31. The number of hydrogen-bond donors (Lipinski definition) is 0. The Balaban J connectivity index is 1.82. The van der Waals surface area contributed by atoms with E-state index >= 15 is 0 Å². The van der Waals surface area contributed by atoms with Crippen LogP contribution in [-0.4, -0.2) is 15.1 Å². The molecule has 18 heavy (non-hydrogen) atoms. The van der Waals surface area contributed by atoms with Gasteiger partial charge in [0, 0.05) is 28.9 Å². The monoisotopic (exact) mass is 255 g/mol. The van der Waals surface area contributed by atoms with Crippen molar-refractivity contribution in [2.24, 2.45) is 0 Å². The number of nitrogens with zero attached hydrogens (tertiary/aromatic N) is 3. The normalized spacial score (nSPS) is 11.1. The molecule has 0 N–H and O–H groups in total. The molecule has 0 saturated carbocycles. The van der Waals surface area contributed by atoms with Crippen LogP contribution < -0.4 is 0 Å². The van der Waals surface area contributed by atoms with Gasteiger partial charge in [0.2, 0.25) is 5.82 Å². The van der Waals surface area contributed by atoms with Crippen molar-refractivity contribution in [1.29, 1.82) is 0 Å². The van der Waals surface area contributed by atoms with Crippen LogP contribution in [0.3, 0.4) is 0 Å². The van der Waals surface area contributed by atoms with Crippen molar-refractivity contribution in [2.45, 2.75) is 0 Å². The van der Waals surface area contributed by atoms with Crippen LogP contribution in [0.15, 0.2) is 46.6 Å². The second kappa shape index (κ2) is 4.93. The van der Waals surface area contributed by atoms with Gasteiger partial charge in [-0.25, -0.2) is 0 Å². The van der Waals surface area contributed by atoms with Crippen LogP contribution in [0.4, 0.5) is 0 Å². The summed E-state index contributed by atoms with van der Waals surface area (Å²) in [6.45, 7) is 0. The molecule has 4 nitrogen and oxygen atoms in total. The minimum absolute atomic E-state index is 0.496. The first-order valence-electron chi connectivity index (χ1n) is 5.37. The zero-order chi connectivity index (χ0) is 12.2. The zero-order valence-electron chi connectivity index (χ0n) is 9.35. The Morgan fingerprint density at radius 3 is 2.78 bits per heavy atom. The molecule has 3 heterocycles. The second-order valence-electron chi connectivity index (χ2n) is 3.54. The van der Waals surface area contributed by atoms with E-state index in [0.717, 1.165) is 10.4 Å². The molecule has 0 spiro atoms. The molecule has 0 aromatic carbocycles. The standard InChI is InChI=1S/C13H9N3OS/c1-2-11(18-9-1)3-4-12-15-13(16-17-12)10-5-7-14-8-6-10/h1-9H. The third-order valence-corrected chi connectivity index (χ3v) is 3.15. The van der Waals surface area contributed by atoms with Crippen molar-refractivity contribution < 1.29 is 4.52 Å². The van der Waals surface area contributed by atoms with Crippen LogP contribution in [0, 0.1) is 0 Å². The molecule has 0 unspecified atom stereocenters. The minimum atomic E-state index is 0.496. The lowest BCUT2D eigenvalue weighted by atomic mass is 10.2. The van der Waals surface area contributed by atoms with Gasteiger partial charge in [0.15, 0.2) is 0 Å². The Morgan fingerprint density at radius 2 is 2.00 bits per heavy atom. The summed E-state index contributed by atoms with van der Waals surface area (Å²) in [5, 5.41) is 5.95. The number of pyridine rings is 1. The maximum Gasteiger partial charge on any atom is 0.250 e. The van der Waals surface area contributed by atoms with Crippen molar-refractivity contribution in [3.05, 3.63) is 52.8 Å². The van der Waals surface area contributed by atoms with Crippen molar-refractivity contribution in [3.8, 4) is 11.4 Å². The summed E-state index contributed by atoms with van der Waals surface area (Å²) in [5.74, 6) is 1.07. The molecule has 5 heteroatoms.